The Labute approximate surface area is 120 Å². The van der Waals surface area contributed by atoms with Gasteiger partial charge in [0.1, 0.15) is 12.3 Å². The van der Waals surface area contributed by atoms with Crippen molar-refractivity contribution in [1.29, 1.82) is 0 Å². The molecule has 1 aliphatic heterocycles. The largest absolute Gasteiger partial charge is 0.480 e. The molecule has 2 rings (SSSR count). The second-order valence-corrected chi connectivity index (χ2v) is 4.88. The van der Waals surface area contributed by atoms with Crippen molar-refractivity contribution < 1.29 is 19.4 Å². The van der Waals surface area contributed by atoms with Gasteiger partial charge in [-0.3, -0.25) is 9.59 Å². The Bertz CT molecular complexity index is 590. The van der Waals surface area contributed by atoms with Crippen LogP contribution in [0.4, 0.5) is 0 Å². The maximum Gasteiger partial charge on any atom is 0.329 e. The number of carbonyl (C=O) groups excluding carboxylic acids is 1. The zero-order valence-corrected chi connectivity index (χ0v) is 11.7. The molecular formula is C13H17N3O5. The van der Waals surface area contributed by atoms with Gasteiger partial charge in [0.05, 0.1) is 6.10 Å². The van der Waals surface area contributed by atoms with Gasteiger partial charge in [0, 0.05) is 26.2 Å². The molecule has 1 N–H and O–H groups in total. The standard InChI is InChI=1S/C13H17N3O5/c1-15-11(17)3-2-10(14-15)13(20)16-6-4-9(5-7-16)21-8-12(18)19/h2-3,9H,4-8H2,1H3,(H,18,19). The van der Waals surface area contributed by atoms with Gasteiger partial charge >= 0.3 is 5.97 Å². The maximum atomic E-state index is 12.2. The van der Waals surface area contributed by atoms with Gasteiger partial charge in [0.15, 0.2) is 0 Å². The first-order valence-electron chi connectivity index (χ1n) is 6.64. The van der Waals surface area contributed by atoms with Crippen molar-refractivity contribution in [3.63, 3.8) is 0 Å². The van der Waals surface area contributed by atoms with Gasteiger partial charge in [-0.25, -0.2) is 9.48 Å². The van der Waals surface area contributed by atoms with Gasteiger partial charge in [-0.1, -0.05) is 0 Å². The van der Waals surface area contributed by atoms with E-state index in [1.807, 2.05) is 0 Å². The van der Waals surface area contributed by atoms with Crippen molar-refractivity contribution in [1.82, 2.24) is 14.7 Å². The molecule has 0 spiro atoms. The number of carboxylic acid groups (broad SMARTS) is 1. The van der Waals surface area contributed by atoms with E-state index < -0.39 is 5.97 Å². The normalized spacial score (nSPS) is 16.0. The summed E-state index contributed by atoms with van der Waals surface area (Å²) in [7, 11) is 1.49. The summed E-state index contributed by atoms with van der Waals surface area (Å²) < 4.78 is 6.34. The van der Waals surface area contributed by atoms with Gasteiger partial charge in [0.2, 0.25) is 0 Å². The molecule has 0 unspecified atom stereocenters. The third kappa shape index (κ3) is 3.88. The fourth-order valence-electron chi connectivity index (χ4n) is 2.19. The van der Waals surface area contributed by atoms with E-state index in [9.17, 15) is 14.4 Å². The lowest BCUT2D eigenvalue weighted by molar-refractivity contribution is -0.145. The van der Waals surface area contributed by atoms with E-state index in [1.165, 1.54) is 19.2 Å². The van der Waals surface area contributed by atoms with Crippen LogP contribution in [-0.4, -0.2) is 57.5 Å². The highest BCUT2D eigenvalue weighted by Crippen LogP contribution is 2.15. The average molecular weight is 295 g/mol. The number of rotatable bonds is 4. The predicted molar refractivity (Wildman–Crippen MR) is 72.0 cm³/mol. The number of amides is 1. The number of carboxylic acids is 1. The Kier molecular flexibility index (Phi) is 4.69. The minimum Gasteiger partial charge on any atom is -0.480 e. The highest BCUT2D eigenvalue weighted by molar-refractivity contribution is 5.92. The molecule has 0 saturated carbocycles. The Hall–Kier alpha value is -2.22. The lowest BCUT2D eigenvalue weighted by Gasteiger charge is -2.31. The van der Waals surface area contributed by atoms with Crippen molar-refractivity contribution >= 4 is 11.9 Å². The highest BCUT2D eigenvalue weighted by Gasteiger charge is 2.25. The molecular weight excluding hydrogens is 278 g/mol. The van der Waals surface area contributed by atoms with Crippen LogP contribution in [0, 0.1) is 0 Å². The Balaban J connectivity index is 1.92. The summed E-state index contributed by atoms with van der Waals surface area (Å²) in [5.74, 6) is -1.23. The first-order chi connectivity index (χ1) is 9.97. The van der Waals surface area contributed by atoms with Gasteiger partial charge in [-0.05, 0) is 18.9 Å². The van der Waals surface area contributed by atoms with Gasteiger partial charge in [0.25, 0.3) is 11.5 Å². The molecule has 8 nitrogen and oxygen atoms in total. The smallest absolute Gasteiger partial charge is 0.329 e. The van der Waals surface area contributed by atoms with E-state index in [4.69, 9.17) is 9.84 Å². The second-order valence-electron chi connectivity index (χ2n) is 4.88. The molecule has 114 valence electrons. The van der Waals surface area contributed by atoms with Crippen molar-refractivity contribution in [3.8, 4) is 0 Å². The fraction of sp³-hybridized carbons (Fsp3) is 0.538. The van der Waals surface area contributed by atoms with Crippen molar-refractivity contribution in [2.24, 2.45) is 7.05 Å². The van der Waals surface area contributed by atoms with Crippen LogP contribution in [0.15, 0.2) is 16.9 Å². The van der Waals surface area contributed by atoms with Crippen LogP contribution >= 0.6 is 0 Å². The molecule has 0 aromatic carbocycles. The molecule has 0 radical (unpaired) electrons. The number of piperidine rings is 1. The van der Waals surface area contributed by atoms with E-state index >= 15 is 0 Å². The third-order valence-electron chi connectivity index (χ3n) is 3.35. The minimum absolute atomic E-state index is 0.141. The van der Waals surface area contributed by atoms with Crippen LogP contribution in [0.3, 0.4) is 0 Å². The molecule has 8 heteroatoms. The molecule has 2 heterocycles. The molecule has 0 bridgehead atoms. The fourth-order valence-corrected chi connectivity index (χ4v) is 2.19. The Morgan fingerprint density at radius 2 is 2.05 bits per heavy atom. The van der Waals surface area contributed by atoms with E-state index in [0.29, 0.717) is 25.9 Å². The Morgan fingerprint density at radius 3 is 2.62 bits per heavy atom. The summed E-state index contributed by atoms with van der Waals surface area (Å²) in [4.78, 5) is 35.6. The summed E-state index contributed by atoms with van der Waals surface area (Å²) >= 11 is 0. The molecule has 0 atom stereocenters. The van der Waals surface area contributed by atoms with Crippen LogP contribution in [0.25, 0.3) is 0 Å². The number of likely N-dealkylation sites (tertiary alicyclic amines) is 1. The maximum absolute atomic E-state index is 12.2. The summed E-state index contributed by atoms with van der Waals surface area (Å²) in [6, 6.07) is 2.72. The van der Waals surface area contributed by atoms with Gasteiger partial charge in [-0.15, -0.1) is 0 Å². The van der Waals surface area contributed by atoms with Crippen LogP contribution in [-0.2, 0) is 16.6 Å². The SMILES string of the molecule is Cn1nc(C(=O)N2CCC(OCC(=O)O)CC2)ccc1=O. The lowest BCUT2D eigenvalue weighted by Crippen LogP contribution is -2.42. The summed E-state index contributed by atoms with van der Waals surface area (Å²) in [5.41, 5.74) is -0.0469. The van der Waals surface area contributed by atoms with E-state index in [1.54, 1.807) is 4.90 Å². The number of hydrogen-bond donors (Lipinski definition) is 1. The minimum atomic E-state index is -0.997. The van der Waals surface area contributed by atoms with Gasteiger partial charge < -0.3 is 14.7 Å². The topological polar surface area (TPSA) is 102 Å². The van der Waals surface area contributed by atoms with E-state index in [-0.39, 0.29) is 29.9 Å². The zero-order chi connectivity index (χ0) is 15.4. The number of hydrogen-bond acceptors (Lipinski definition) is 5. The van der Waals surface area contributed by atoms with Crippen molar-refractivity contribution in [2.75, 3.05) is 19.7 Å². The molecule has 1 aromatic heterocycles. The predicted octanol–water partition coefficient (Wildman–Crippen LogP) is -0.514. The molecule has 1 aromatic rings. The summed E-state index contributed by atoms with van der Waals surface area (Å²) in [6.07, 6.45) is 1.04. The number of ether oxygens (including phenoxy) is 1. The number of carbonyl (C=O) groups is 2. The monoisotopic (exact) mass is 295 g/mol. The van der Waals surface area contributed by atoms with Crippen LogP contribution in [0.1, 0.15) is 23.3 Å². The highest BCUT2D eigenvalue weighted by atomic mass is 16.5. The third-order valence-corrected chi connectivity index (χ3v) is 3.35. The van der Waals surface area contributed by atoms with Crippen molar-refractivity contribution in [3.05, 3.63) is 28.2 Å². The van der Waals surface area contributed by atoms with E-state index in [0.717, 1.165) is 4.68 Å². The molecule has 0 aliphatic carbocycles. The quantitative estimate of drug-likeness (QED) is 0.802. The zero-order valence-electron chi connectivity index (χ0n) is 11.7. The first kappa shape index (κ1) is 15.2. The number of aliphatic carboxylic acids is 1. The van der Waals surface area contributed by atoms with Crippen LogP contribution in [0.5, 0.6) is 0 Å². The number of nitrogens with zero attached hydrogens (tertiary/aromatic N) is 3. The van der Waals surface area contributed by atoms with Crippen LogP contribution < -0.4 is 5.56 Å². The molecule has 1 saturated heterocycles. The number of aryl methyl sites for hydroxylation is 1. The second kappa shape index (κ2) is 6.49. The average Bonchev–Trinajstić information content (AvgIpc) is 2.48. The molecule has 1 aliphatic rings. The molecule has 21 heavy (non-hydrogen) atoms. The lowest BCUT2D eigenvalue weighted by atomic mass is 10.1. The first-order valence-corrected chi connectivity index (χ1v) is 6.64. The Morgan fingerprint density at radius 1 is 1.38 bits per heavy atom. The molecule has 1 amide bonds. The van der Waals surface area contributed by atoms with E-state index in [2.05, 4.69) is 5.10 Å². The number of aromatic nitrogens is 2. The van der Waals surface area contributed by atoms with Crippen LogP contribution in [0.2, 0.25) is 0 Å². The molecule has 1 fully saturated rings. The summed E-state index contributed by atoms with van der Waals surface area (Å²) in [5, 5.41) is 12.5. The van der Waals surface area contributed by atoms with Crippen molar-refractivity contribution in [2.45, 2.75) is 18.9 Å². The van der Waals surface area contributed by atoms with Gasteiger partial charge in [-0.2, -0.15) is 5.10 Å². The summed E-state index contributed by atoms with van der Waals surface area (Å²) in [6.45, 7) is 0.641.